The summed E-state index contributed by atoms with van der Waals surface area (Å²) < 4.78 is 6.91. The van der Waals surface area contributed by atoms with E-state index in [0.717, 1.165) is 11.5 Å². The van der Waals surface area contributed by atoms with Gasteiger partial charge in [-0.1, -0.05) is 122 Å². The van der Waals surface area contributed by atoms with Crippen LogP contribution in [0.25, 0.3) is 43.1 Å². The van der Waals surface area contributed by atoms with Gasteiger partial charge in [0.2, 0.25) is 0 Å². The minimum Gasteiger partial charge on any atom is -0.458 e. The van der Waals surface area contributed by atoms with Crippen LogP contribution in [0.4, 0.5) is 0 Å². The SMILES string of the molecule is CC1(C)c2ccccc2B2c3cc4c(ccc5ccccc54)cc3Oc3cc4c(ccc5ccccc54)c1c32. The molecule has 0 N–H and O–H groups in total. The second-order valence-corrected chi connectivity index (χ2v) is 11.7. The second-order valence-electron chi connectivity index (χ2n) is 11.7. The maximum absolute atomic E-state index is 6.91. The zero-order chi connectivity index (χ0) is 25.9. The first-order valence-corrected chi connectivity index (χ1v) is 13.8. The predicted octanol–water partition coefficient (Wildman–Crippen LogP) is 7.56. The molecule has 1 nitrogen and oxygen atoms in total. The third-order valence-corrected chi connectivity index (χ3v) is 9.32. The quantitative estimate of drug-likeness (QED) is 0.156. The van der Waals surface area contributed by atoms with Crippen LogP contribution < -0.4 is 21.1 Å². The number of fused-ring (bicyclic) bond motifs is 11. The largest absolute Gasteiger partial charge is 0.458 e. The van der Waals surface area contributed by atoms with Crippen molar-refractivity contribution in [1.29, 1.82) is 0 Å². The molecule has 0 fully saturated rings. The van der Waals surface area contributed by atoms with Gasteiger partial charge < -0.3 is 4.74 Å². The number of hydrogen-bond acceptors (Lipinski definition) is 1. The third kappa shape index (κ3) is 2.71. The normalized spacial score (nSPS) is 14.8. The van der Waals surface area contributed by atoms with E-state index in [9.17, 15) is 0 Å². The molecule has 0 spiro atoms. The molecule has 9 rings (SSSR count). The Bertz CT molecular complexity index is 2190. The minimum atomic E-state index is -0.163. The highest BCUT2D eigenvalue weighted by Crippen LogP contribution is 2.44. The molecule has 0 aliphatic carbocycles. The first-order valence-electron chi connectivity index (χ1n) is 13.8. The van der Waals surface area contributed by atoms with Crippen molar-refractivity contribution < 1.29 is 4.74 Å². The summed E-state index contributed by atoms with van der Waals surface area (Å²) in [5.41, 5.74) is 6.61. The van der Waals surface area contributed by atoms with Crippen LogP contribution in [0.3, 0.4) is 0 Å². The van der Waals surface area contributed by atoms with Crippen LogP contribution in [-0.4, -0.2) is 6.71 Å². The van der Waals surface area contributed by atoms with Gasteiger partial charge in [0.05, 0.1) is 0 Å². The third-order valence-electron chi connectivity index (χ3n) is 9.32. The fourth-order valence-electron chi connectivity index (χ4n) is 7.60. The predicted molar refractivity (Wildman–Crippen MR) is 166 cm³/mol. The smallest absolute Gasteiger partial charge is 0.251 e. The van der Waals surface area contributed by atoms with Crippen molar-refractivity contribution in [3.63, 3.8) is 0 Å². The lowest BCUT2D eigenvalue weighted by Crippen LogP contribution is -2.62. The Hall–Kier alpha value is -4.56. The Labute approximate surface area is 227 Å². The molecule has 0 atom stereocenters. The molecule has 0 saturated carbocycles. The van der Waals surface area contributed by atoms with Gasteiger partial charge in [0.25, 0.3) is 6.71 Å². The van der Waals surface area contributed by atoms with E-state index >= 15 is 0 Å². The van der Waals surface area contributed by atoms with Gasteiger partial charge in [-0.05, 0) is 77.3 Å². The molecular weight excluding hydrogens is 471 g/mol. The lowest BCUT2D eigenvalue weighted by Gasteiger charge is -2.42. The summed E-state index contributed by atoms with van der Waals surface area (Å²) in [5.74, 6) is 1.96. The average molecular weight is 496 g/mol. The van der Waals surface area contributed by atoms with Gasteiger partial charge in [-0.25, -0.2) is 0 Å². The molecule has 0 unspecified atom stereocenters. The van der Waals surface area contributed by atoms with E-state index in [4.69, 9.17) is 4.74 Å². The molecule has 182 valence electrons. The van der Waals surface area contributed by atoms with Crippen LogP contribution >= 0.6 is 0 Å². The molecule has 2 heteroatoms. The summed E-state index contributed by atoms with van der Waals surface area (Å²) >= 11 is 0. The van der Waals surface area contributed by atoms with E-state index in [1.807, 2.05) is 0 Å². The first kappa shape index (κ1) is 21.4. The van der Waals surface area contributed by atoms with Gasteiger partial charge in [0.1, 0.15) is 11.5 Å². The summed E-state index contributed by atoms with van der Waals surface area (Å²) in [6.07, 6.45) is 0. The standard InChI is InChI=1S/C37H25BO/c1-37(2)30-13-7-8-14-31(30)38-32-20-28-24(16-15-22-9-3-5-11-25(22)28)19-33(32)39-34-21-29-26-12-6-4-10-23(26)17-18-27(29)35(37)36(34)38/h3-21H,1-2H3. The lowest BCUT2D eigenvalue weighted by molar-refractivity contribution is 0.486. The van der Waals surface area contributed by atoms with Gasteiger partial charge >= 0.3 is 0 Å². The molecule has 0 aromatic heterocycles. The van der Waals surface area contributed by atoms with Crippen molar-refractivity contribution >= 4 is 66.2 Å². The van der Waals surface area contributed by atoms with Crippen LogP contribution in [0.1, 0.15) is 25.0 Å². The van der Waals surface area contributed by atoms with E-state index in [1.54, 1.807) is 0 Å². The molecular formula is C37H25BO. The van der Waals surface area contributed by atoms with Crippen LogP contribution in [0.5, 0.6) is 11.5 Å². The second kappa shape index (κ2) is 7.30. The number of hydrogen-bond donors (Lipinski definition) is 0. The molecule has 0 radical (unpaired) electrons. The summed E-state index contributed by atoms with van der Waals surface area (Å²) in [4.78, 5) is 0. The van der Waals surface area contributed by atoms with E-state index in [-0.39, 0.29) is 12.1 Å². The Morgan fingerprint density at radius 1 is 0.513 bits per heavy atom. The van der Waals surface area contributed by atoms with E-state index < -0.39 is 0 Å². The fraction of sp³-hybridized carbons (Fsp3) is 0.0811. The van der Waals surface area contributed by atoms with Crippen LogP contribution in [0.15, 0.2) is 115 Å². The monoisotopic (exact) mass is 496 g/mol. The van der Waals surface area contributed by atoms with Crippen molar-refractivity contribution in [1.82, 2.24) is 0 Å². The Kier molecular flexibility index (Phi) is 4.00. The number of rotatable bonds is 0. The molecule has 2 aliphatic rings. The van der Waals surface area contributed by atoms with Crippen molar-refractivity contribution in [2.75, 3.05) is 0 Å². The highest BCUT2D eigenvalue weighted by molar-refractivity contribution is 6.98. The summed E-state index contributed by atoms with van der Waals surface area (Å²) in [6.45, 7) is 4.90. The maximum atomic E-state index is 6.91. The van der Waals surface area contributed by atoms with Gasteiger partial charge in [-0.2, -0.15) is 0 Å². The van der Waals surface area contributed by atoms with Crippen molar-refractivity contribution in [3.05, 3.63) is 126 Å². The van der Waals surface area contributed by atoms with Gasteiger partial charge in [0.15, 0.2) is 0 Å². The van der Waals surface area contributed by atoms with Gasteiger partial charge in [0, 0.05) is 5.41 Å². The lowest BCUT2D eigenvalue weighted by atomic mass is 9.30. The molecule has 39 heavy (non-hydrogen) atoms. The van der Waals surface area contributed by atoms with Crippen molar-refractivity contribution in [2.24, 2.45) is 0 Å². The van der Waals surface area contributed by atoms with Crippen LogP contribution in [0.2, 0.25) is 0 Å². The average Bonchev–Trinajstić information content (AvgIpc) is 2.97. The van der Waals surface area contributed by atoms with Crippen LogP contribution in [0, 0.1) is 0 Å². The van der Waals surface area contributed by atoms with E-state index in [2.05, 4.69) is 129 Å². The Morgan fingerprint density at radius 3 is 2.00 bits per heavy atom. The molecule has 7 aromatic carbocycles. The number of benzene rings is 7. The Morgan fingerprint density at radius 2 is 1.18 bits per heavy atom. The minimum absolute atomic E-state index is 0.127. The molecule has 0 bridgehead atoms. The molecule has 2 aliphatic heterocycles. The zero-order valence-electron chi connectivity index (χ0n) is 22.0. The molecule has 7 aromatic rings. The zero-order valence-corrected chi connectivity index (χ0v) is 22.0. The molecule has 0 saturated heterocycles. The van der Waals surface area contributed by atoms with E-state index in [1.165, 1.54) is 70.6 Å². The summed E-state index contributed by atoms with van der Waals surface area (Å²) in [7, 11) is 0. The molecule has 2 heterocycles. The highest BCUT2D eigenvalue weighted by atomic mass is 16.5. The fourth-order valence-corrected chi connectivity index (χ4v) is 7.60. The van der Waals surface area contributed by atoms with Gasteiger partial charge in [-0.15, -0.1) is 0 Å². The molecule has 0 amide bonds. The maximum Gasteiger partial charge on any atom is 0.251 e. The van der Waals surface area contributed by atoms with Crippen molar-refractivity contribution in [3.8, 4) is 11.5 Å². The van der Waals surface area contributed by atoms with Crippen molar-refractivity contribution in [2.45, 2.75) is 19.3 Å². The topological polar surface area (TPSA) is 9.23 Å². The highest BCUT2D eigenvalue weighted by Gasteiger charge is 2.46. The summed E-state index contributed by atoms with van der Waals surface area (Å²) in [5, 5.41) is 10.2. The van der Waals surface area contributed by atoms with E-state index in [0.29, 0.717) is 0 Å². The number of ether oxygens (including phenoxy) is 1. The summed E-state index contributed by atoms with van der Waals surface area (Å²) in [6, 6.07) is 42.5. The first-order chi connectivity index (χ1) is 19.1. The Balaban J connectivity index is 1.45. The van der Waals surface area contributed by atoms with Gasteiger partial charge in [-0.3, -0.25) is 0 Å². The van der Waals surface area contributed by atoms with Crippen LogP contribution in [-0.2, 0) is 5.41 Å².